The number of methoxy groups -OCH3 is 1. The number of carbonyl (C=O) groups is 1. The van der Waals surface area contributed by atoms with E-state index in [0.29, 0.717) is 19.6 Å². The fourth-order valence-electron chi connectivity index (χ4n) is 1.93. The lowest BCUT2D eigenvalue weighted by Crippen LogP contribution is -2.48. The van der Waals surface area contributed by atoms with Crippen LogP contribution in [0, 0.1) is 0 Å². The van der Waals surface area contributed by atoms with Gasteiger partial charge < -0.3 is 20.1 Å². The fourth-order valence-corrected chi connectivity index (χ4v) is 1.93. The van der Waals surface area contributed by atoms with Crippen molar-refractivity contribution in [3.05, 3.63) is 29.8 Å². The number of hydrogen-bond acceptors (Lipinski definition) is 4. The standard InChI is InChI=1S/C13H18N2O3/c1-17-11-4-2-10(3-5-11)7-15-8-12(6-14)18-9-13(15)16/h2-5,12H,6-9,14H2,1H3/t12-/m0/s1. The van der Waals surface area contributed by atoms with Crippen LogP contribution in [0.25, 0.3) is 0 Å². The van der Waals surface area contributed by atoms with Crippen LogP contribution in [0.4, 0.5) is 0 Å². The Hall–Kier alpha value is -1.59. The summed E-state index contributed by atoms with van der Waals surface area (Å²) in [6.07, 6.45) is -0.0547. The molecule has 5 heteroatoms. The third-order valence-electron chi connectivity index (χ3n) is 3.01. The van der Waals surface area contributed by atoms with Crippen LogP contribution in [0.15, 0.2) is 24.3 Å². The summed E-state index contributed by atoms with van der Waals surface area (Å²) < 4.78 is 10.4. The van der Waals surface area contributed by atoms with Crippen molar-refractivity contribution in [2.24, 2.45) is 5.73 Å². The van der Waals surface area contributed by atoms with Gasteiger partial charge in [0.2, 0.25) is 5.91 Å². The van der Waals surface area contributed by atoms with Crippen molar-refractivity contribution >= 4 is 5.91 Å². The van der Waals surface area contributed by atoms with Crippen molar-refractivity contribution in [3.63, 3.8) is 0 Å². The van der Waals surface area contributed by atoms with Gasteiger partial charge in [0.05, 0.1) is 13.2 Å². The van der Waals surface area contributed by atoms with Crippen LogP contribution in [-0.2, 0) is 16.1 Å². The first-order valence-electron chi connectivity index (χ1n) is 5.95. The molecule has 2 rings (SSSR count). The van der Waals surface area contributed by atoms with Crippen molar-refractivity contribution in [2.45, 2.75) is 12.6 Å². The molecule has 2 N–H and O–H groups in total. The van der Waals surface area contributed by atoms with E-state index in [1.807, 2.05) is 24.3 Å². The van der Waals surface area contributed by atoms with Gasteiger partial charge in [-0.3, -0.25) is 4.79 Å². The lowest BCUT2D eigenvalue weighted by Gasteiger charge is -2.32. The average molecular weight is 250 g/mol. The van der Waals surface area contributed by atoms with Gasteiger partial charge in [-0.2, -0.15) is 0 Å². The molecule has 0 saturated carbocycles. The predicted molar refractivity (Wildman–Crippen MR) is 67.2 cm³/mol. The highest BCUT2D eigenvalue weighted by Gasteiger charge is 2.25. The number of carbonyl (C=O) groups excluding carboxylic acids is 1. The normalized spacial score (nSPS) is 20.0. The molecule has 1 fully saturated rings. The van der Waals surface area contributed by atoms with Crippen LogP contribution >= 0.6 is 0 Å². The Labute approximate surface area is 106 Å². The number of nitrogens with two attached hydrogens (primary N) is 1. The summed E-state index contributed by atoms with van der Waals surface area (Å²) in [5.74, 6) is 0.822. The van der Waals surface area contributed by atoms with Gasteiger partial charge in [0.1, 0.15) is 12.4 Å². The minimum atomic E-state index is -0.0547. The predicted octanol–water partition coefficient (Wildman–Crippen LogP) is 0.381. The van der Waals surface area contributed by atoms with E-state index in [-0.39, 0.29) is 18.6 Å². The summed E-state index contributed by atoms with van der Waals surface area (Å²) in [5, 5.41) is 0. The minimum Gasteiger partial charge on any atom is -0.497 e. The van der Waals surface area contributed by atoms with Crippen LogP contribution in [0.2, 0.25) is 0 Å². The molecule has 1 amide bonds. The Morgan fingerprint density at radius 2 is 2.17 bits per heavy atom. The monoisotopic (exact) mass is 250 g/mol. The molecule has 0 radical (unpaired) electrons. The molecule has 1 aromatic carbocycles. The zero-order valence-corrected chi connectivity index (χ0v) is 10.5. The van der Waals surface area contributed by atoms with Crippen molar-refractivity contribution in [1.29, 1.82) is 0 Å². The molecular formula is C13H18N2O3. The summed E-state index contributed by atoms with van der Waals surface area (Å²) >= 11 is 0. The number of ether oxygens (including phenoxy) is 2. The molecular weight excluding hydrogens is 232 g/mol. The molecule has 1 aliphatic rings. The lowest BCUT2D eigenvalue weighted by atomic mass is 10.2. The van der Waals surface area contributed by atoms with Crippen LogP contribution in [0.3, 0.4) is 0 Å². The SMILES string of the molecule is COc1ccc(CN2C[C@H](CN)OCC2=O)cc1. The van der Waals surface area contributed by atoms with E-state index < -0.39 is 0 Å². The van der Waals surface area contributed by atoms with Crippen molar-refractivity contribution in [3.8, 4) is 5.75 Å². The number of rotatable bonds is 4. The van der Waals surface area contributed by atoms with E-state index in [2.05, 4.69) is 0 Å². The molecule has 1 saturated heterocycles. The summed E-state index contributed by atoms with van der Waals surface area (Å²) in [5.41, 5.74) is 6.63. The van der Waals surface area contributed by atoms with E-state index >= 15 is 0 Å². The molecule has 1 atom stereocenters. The van der Waals surface area contributed by atoms with E-state index in [0.717, 1.165) is 11.3 Å². The molecule has 0 spiro atoms. The third-order valence-corrected chi connectivity index (χ3v) is 3.01. The average Bonchev–Trinajstić information content (AvgIpc) is 2.42. The van der Waals surface area contributed by atoms with Crippen LogP contribution in [-0.4, -0.2) is 43.7 Å². The molecule has 0 bridgehead atoms. The molecule has 0 aromatic heterocycles. The number of amides is 1. The quantitative estimate of drug-likeness (QED) is 0.839. The molecule has 5 nitrogen and oxygen atoms in total. The Balaban J connectivity index is 2.00. The minimum absolute atomic E-state index is 0.00974. The Kier molecular flexibility index (Phi) is 4.17. The maximum atomic E-state index is 11.7. The molecule has 1 aromatic rings. The highest BCUT2D eigenvalue weighted by Crippen LogP contribution is 2.15. The molecule has 0 unspecified atom stereocenters. The number of hydrogen-bond donors (Lipinski definition) is 1. The first-order valence-corrected chi connectivity index (χ1v) is 5.95. The molecule has 1 aliphatic heterocycles. The maximum Gasteiger partial charge on any atom is 0.248 e. The van der Waals surface area contributed by atoms with Crippen LogP contribution in [0.1, 0.15) is 5.56 Å². The Morgan fingerprint density at radius 3 is 2.78 bits per heavy atom. The second-order valence-electron chi connectivity index (χ2n) is 4.29. The first kappa shape index (κ1) is 12.9. The fraction of sp³-hybridized carbons (Fsp3) is 0.462. The molecule has 18 heavy (non-hydrogen) atoms. The van der Waals surface area contributed by atoms with Crippen molar-refractivity contribution in [2.75, 3.05) is 26.8 Å². The van der Waals surface area contributed by atoms with Gasteiger partial charge in [-0.1, -0.05) is 12.1 Å². The van der Waals surface area contributed by atoms with E-state index in [4.69, 9.17) is 15.2 Å². The summed E-state index contributed by atoms with van der Waals surface area (Å²) in [4.78, 5) is 13.5. The van der Waals surface area contributed by atoms with Gasteiger partial charge in [0, 0.05) is 19.6 Å². The lowest BCUT2D eigenvalue weighted by molar-refractivity contribution is -0.149. The summed E-state index contributed by atoms with van der Waals surface area (Å²) in [6, 6.07) is 7.69. The number of morpholine rings is 1. The van der Waals surface area contributed by atoms with E-state index in [1.165, 1.54) is 0 Å². The van der Waals surface area contributed by atoms with E-state index in [1.54, 1.807) is 12.0 Å². The van der Waals surface area contributed by atoms with E-state index in [9.17, 15) is 4.79 Å². The van der Waals surface area contributed by atoms with Crippen LogP contribution in [0.5, 0.6) is 5.75 Å². The first-order chi connectivity index (χ1) is 8.72. The second-order valence-corrected chi connectivity index (χ2v) is 4.29. The highest BCUT2D eigenvalue weighted by molar-refractivity contribution is 5.78. The molecule has 98 valence electrons. The van der Waals surface area contributed by atoms with Gasteiger partial charge >= 0.3 is 0 Å². The smallest absolute Gasteiger partial charge is 0.248 e. The number of nitrogens with zero attached hydrogens (tertiary/aromatic N) is 1. The van der Waals surface area contributed by atoms with Gasteiger partial charge in [0.25, 0.3) is 0 Å². The van der Waals surface area contributed by atoms with Crippen molar-refractivity contribution < 1.29 is 14.3 Å². The van der Waals surface area contributed by atoms with Gasteiger partial charge in [-0.15, -0.1) is 0 Å². The third kappa shape index (κ3) is 3.00. The topological polar surface area (TPSA) is 64.8 Å². The Bertz CT molecular complexity index is 405. The maximum absolute atomic E-state index is 11.7. The molecule has 0 aliphatic carbocycles. The molecule has 1 heterocycles. The summed E-state index contributed by atoms with van der Waals surface area (Å²) in [7, 11) is 1.63. The zero-order chi connectivity index (χ0) is 13.0. The second kappa shape index (κ2) is 5.84. The summed E-state index contributed by atoms with van der Waals surface area (Å²) in [6.45, 7) is 1.70. The number of benzene rings is 1. The van der Waals surface area contributed by atoms with Crippen LogP contribution < -0.4 is 10.5 Å². The highest BCUT2D eigenvalue weighted by atomic mass is 16.5. The van der Waals surface area contributed by atoms with Gasteiger partial charge in [-0.05, 0) is 17.7 Å². The zero-order valence-electron chi connectivity index (χ0n) is 10.5. The van der Waals surface area contributed by atoms with Gasteiger partial charge in [-0.25, -0.2) is 0 Å². The van der Waals surface area contributed by atoms with Crippen molar-refractivity contribution in [1.82, 2.24) is 4.90 Å². The Morgan fingerprint density at radius 1 is 1.44 bits per heavy atom. The van der Waals surface area contributed by atoms with Gasteiger partial charge in [0.15, 0.2) is 0 Å². The largest absolute Gasteiger partial charge is 0.497 e.